The smallest absolute Gasteiger partial charge is 0.0922 e. The zero-order valence-electron chi connectivity index (χ0n) is 12.9. The van der Waals surface area contributed by atoms with Gasteiger partial charge in [-0.05, 0) is 43.9 Å². The number of hydrogen-bond acceptors (Lipinski definition) is 2. The van der Waals surface area contributed by atoms with Crippen molar-refractivity contribution in [3.8, 4) is 0 Å². The molecule has 20 heavy (non-hydrogen) atoms. The molecule has 0 aliphatic rings. The van der Waals surface area contributed by atoms with Crippen LogP contribution >= 0.6 is 0 Å². The Bertz CT molecular complexity index is 569. The molecule has 0 saturated carbocycles. The lowest BCUT2D eigenvalue weighted by Crippen LogP contribution is -2.32. The first-order chi connectivity index (χ1) is 9.58. The second kappa shape index (κ2) is 6.23. The first kappa shape index (κ1) is 14.8. The fraction of sp³-hybridized carbons (Fsp3) is 0.471. The molecule has 3 heteroatoms. The van der Waals surface area contributed by atoms with Crippen LogP contribution in [0.1, 0.15) is 49.3 Å². The van der Waals surface area contributed by atoms with Crippen LogP contribution in [-0.2, 0) is 12.8 Å². The largest absolute Gasteiger partial charge is 0.326 e. The second-order valence-electron chi connectivity index (χ2n) is 5.44. The molecular weight excluding hydrogens is 246 g/mol. The Hall–Kier alpha value is -1.61. The average Bonchev–Trinajstić information content (AvgIpc) is 2.84. The number of aryl methyl sites for hydroxylation is 3. The maximum atomic E-state index is 6.28. The fourth-order valence-corrected chi connectivity index (χ4v) is 2.72. The summed E-state index contributed by atoms with van der Waals surface area (Å²) in [5.41, 5.74) is 11.2. The number of nitrogens with two attached hydrogens (primary N) is 1. The predicted octanol–water partition coefficient (Wildman–Crippen LogP) is 3.25. The van der Waals surface area contributed by atoms with Crippen molar-refractivity contribution in [2.24, 2.45) is 5.73 Å². The third-order valence-corrected chi connectivity index (χ3v) is 3.86. The molecule has 0 radical (unpaired) electrons. The molecule has 2 aromatic rings. The highest BCUT2D eigenvalue weighted by molar-refractivity contribution is 5.31. The van der Waals surface area contributed by atoms with E-state index in [4.69, 9.17) is 10.8 Å². The molecule has 1 heterocycles. The molecule has 0 aliphatic heterocycles. The molecule has 2 atom stereocenters. The second-order valence-corrected chi connectivity index (χ2v) is 5.44. The SMILES string of the molecule is CCc1cc(CC)n(C(c2ccccc2C)C(C)N)n1. The number of nitrogens with zero attached hydrogens (tertiary/aromatic N) is 2. The third-order valence-electron chi connectivity index (χ3n) is 3.86. The van der Waals surface area contributed by atoms with Gasteiger partial charge in [-0.1, -0.05) is 38.1 Å². The van der Waals surface area contributed by atoms with Gasteiger partial charge in [-0.25, -0.2) is 0 Å². The summed E-state index contributed by atoms with van der Waals surface area (Å²) in [5.74, 6) is 0. The standard InChI is InChI=1S/C17H25N3/c1-5-14-11-15(6-2)20(19-14)17(13(4)18)16-10-8-7-9-12(16)3/h7-11,13,17H,5-6,18H2,1-4H3. The van der Waals surface area contributed by atoms with Crippen LogP contribution in [0.25, 0.3) is 0 Å². The molecule has 0 saturated heterocycles. The van der Waals surface area contributed by atoms with Gasteiger partial charge in [0, 0.05) is 11.7 Å². The van der Waals surface area contributed by atoms with Gasteiger partial charge in [-0.3, -0.25) is 4.68 Å². The molecular formula is C17H25N3. The van der Waals surface area contributed by atoms with Crippen LogP contribution in [0, 0.1) is 6.92 Å². The Morgan fingerprint density at radius 1 is 1.20 bits per heavy atom. The van der Waals surface area contributed by atoms with Crippen molar-refractivity contribution in [3.63, 3.8) is 0 Å². The molecule has 108 valence electrons. The van der Waals surface area contributed by atoms with Gasteiger partial charge in [0.2, 0.25) is 0 Å². The molecule has 2 unspecified atom stereocenters. The molecule has 2 N–H and O–H groups in total. The Morgan fingerprint density at radius 2 is 1.90 bits per heavy atom. The molecule has 1 aromatic heterocycles. The van der Waals surface area contributed by atoms with E-state index in [0.29, 0.717) is 0 Å². The molecule has 0 amide bonds. The normalized spacial score (nSPS) is 14.2. The fourth-order valence-electron chi connectivity index (χ4n) is 2.72. The lowest BCUT2D eigenvalue weighted by molar-refractivity contribution is 0.436. The summed E-state index contributed by atoms with van der Waals surface area (Å²) in [6.45, 7) is 8.51. The highest BCUT2D eigenvalue weighted by Gasteiger charge is 2.23. The molecule has 0 aliphatic carbocycles. The summed E-state index contributed by atoms with van der Waals surface area (Å²) in [6.07, 6.45) is 1.93. The van der Waals surface area contributed by atoms with Crippen LogP contribution in [-0.4, -0.2) is 15.8 Å². The first-order valence-electron chi connectivity index (χ1n) is 7.46. The molecule has 0 bridgehead atoms. The molecule has 0 fully saturated rings. The molecule has 2 rings (SSSR count). The van der Waals surface area contributed by atoms with Crippen molar-refractivity contribution in [3.05, 3.63) is 52.8 Å². The van der Waals surface area contributed by atoms with Crippen molar-refractivity contribution in [2.75, 3.05) is 0 Å². The van der Waals surface area contributed by atoms with Crippen LogP contribution in [0.3, 0.4) is 0 Å². The van der Waals surface area contributed by atoms with Crippen LogP contribution in [0.2, 0.25) is 0 Å². The molecule has 1 aromatic carbocycles. The highest BCUT2D eigenvalue weighted by atomic mass is 15.3. The third kappa shape index (κ3) is 2.78. The van der Waals surface area contributed by atoms with Crippen LogP contribution in [0.5, 0.6) is 0 Å². The lowest BCUT2D eigenvalue weighted by atomic mass is 9.96. The zero-order valence-corrected chi connectivity index (χ0v) is 12.9. The topological polar surface area (TPSA) is 43.8 Å². The van der Waals surface area contributed by atoms with Gasteiger partial charge in [0.25, 0.3) is 0 Å². The van der Waals surface area contributed by atoms with Crippen molar-refractivity contribution >= 4 is 0 Å². The first-order valence-corrected chi connectivity index (χ1v) is 7.46. The highest BCUT2D eigenvalue weighted by Crippen LogP contribution is 2.26. The van der Waals surface area contributed by atoms with Gasteiger partial charge < -0.3 is 5.73 Å². The van der Waals surface area contributed by atoms with E-state index in [-0.39, 0.29) is 12.1 Å². The number of rotatable bonds is 5. The lowest BCUT2D eigenvalue weighted by Gasteiger charge is -2.25. The van der Waals surface area contributed by atoms with Crippen molar-refractivity contribution < 1.29 is 0 Å². The van der Waals surface area contributed by atoms with Crippen molar-refractivity contribution in [1.29, 1.82) is 0 Å². The van der Waals surface area contributed by atoms with E-state index in [2.05, 4.69) is 62.7 Å². The van der Waals surface area contributed by atoms with Gasteiger partial charge in [0.05, 0.1) is 11.7 Å². The minimum Gasteiger partial charge on any atom is -0.326 e. The van der Waals surface area contributed by atoms with Gasteiger partial charge in [-0.15, -0.1) is 0 Å². The van der Waals surface area contributed by atoms with Gasteiger partial charge in [0.15, 0.2) is 0 Å². The summed E-state index contributed by atoms with van der Waals surface area (Å²) in [5, 5.41) is 4.78. The van der Waals surface area contributed by atoms with Crippen molar-refractivity contribution in [1.82, 2.24) is 9.78 Å². The van der Waals surface area contributed by atoms with Gasteiger partial charge in [0.1, 0.15) is 0 Å². The van der Waals surface area contributed by atoms with Gasteiger partial charge in [-0.2, -0.15) is 5.10 Å². The van der Waals surface area contributed by atoms with E-state index in [9.17, 15) is 0 Å². The summed E-state index contributed by atoms with van der Waals surface area (Å²) < 4.78 is 2.13. The Balaban J connectivity index is 2.54. The van der Waals surface area contributed by atoms with E-state index in [1.54, 1.807) is 0 Å². The van der Waals surface area contributed by atoms with E-state index in [1.165, 1.54) is 16.8 Å². The van der Waals surface area contributed by atoms with E-state index >= 15 is 0 Å². The quantitative estimate of drug-likeness (QED) is 0.907. The monoisotopic (exact) mass is 271 g/mol. The van der Waals surface area contributed by atoms with Crippen LogP contribution < -0.4 is 5.73 Å². The van der Waals surface area contributed by atoms with Gasteiger partial charge >= 0.3 is 0 Å². The zero-order chi connectivity index (χ0) is 14.7. The summed E-state index contributed by atoms with van der Waals surface area (Å²) in [7, 11) is 0. The number of benzene rings is 1. The molecule has 0 spiro atoms. The Kier molecular flexibility index (Phi) is 4.61. The number of hydrogen-bond donors (Lipinski definition) is 1. The van der Waals surface area contributed by atoms with Crippen molar-refractivity contribution in [2.45, 2.75) is 52.6 Å². The van der Waals surface area contributed by atoms with Crippen LogP contribution in [0.15, 0.2) is 30.3 Å². The minimum absolute atomic E-state index is 0.0195. The Labute approximate surface area is 121 Å². The Morgan fingerprint density at radius 3 is 2.45 bits per heavy atom. The maximum Gasteiger partial charge on any atom is 0.0922 e. The minimum atomic E-state index is 0.0195. The number of aromatic nitrogens is 2. The summed E-state index contributed by atoms with van der Waals surface area (Å²) in [6, 6.07) is 10.8. The maximum absolute atomic E-state index is 6.28. The van der Waals surface area contributed by atoms with E-state index in [0.717, 1.165) is 18.5 Å². The van der Waals surface area contributed by atoms with Crippen LogP contribution in [0.4, 0.5) is 0 Å². The molecule has 3 nitrogen and oxygen atoms in total. The summed E-state index contributed by atoms with van der Waals surface area (Å²) >= 11 is 0. The average molecular weight is 271 g/mol. The van der Waals surface area contributed by atoms with E-state index in [1.807, 2.05) is 0 Å². The predicted molar refractivity (Wildman–Crippen MR) is 84.0 cm³/mol. The summed E-state index contributed by atoms with van der Waals surface area (Å²) in [4.78, 5) is 0. The van der Waals surface area contributed by atoms with E-state index < -0.39 is 0 Å².